The first kappa shape index (κ1) is 15.5. The molecule has 0 radical (unpaired) electrons. The Morgan fingerprint density at radius 3 is 2.44 bits per heavy atom. The number of benzene rings is 1. The van der Waals surface area contributed by atoms with Gasteiger partial charge in [-0.1, -0.05) is 42.8 Å². The van der Waals surface area contributed by atoms with Crippen molar-refractivity contribution in [2.24, 2.45) is 11.8 Å². The molecule has 0 aliphatic carbocycles. The normalized spacial score (nSPS) is 14.6. The summed E-state index contributed by atoms with van der Waals surface area (Å²) in [4.78, 5) is 0. The molecule has 0 saturated carbocycles. The first-order chi connectivity index (χ1) is 8.43. The Morgan fingerprint density at radius 1 is 1.22 bits per heavy atom. The predicted molar refractivity (Wildman–Crippen MR) is 78.9 cm³/mol. The summed E-state index contributed by atoms with van der Waals surface area (Å²) >= 11 is 3.41. The molecule has 18 heavy (non-hydrogen) atoms. The van der Waals surface area contributed by atoms with E-state index in [-0.39, 0.29) is 0 Å². The summed E-state index contributed by atoms with van der Waals surface area (Å²) in [6.07, 6.45) is 1.45. The Labute approximate surface area is 118 Å². The summed E-state index contributed by atoms with van der Waals surface area (Å²) in [5, 5.41) is 10.3. The largest absolute Gasteiger partial charge is 0.496 e. The Bertz CT molecular complexity index is 377. The van der Waals surface area contributed by atoms with Crippen LogP contribution >= 0.6 is 15.9 Å². The molecule has 0 fully saturated rings. The second-order valence-corrected chi connectivity index (χ2v) is 6.29. The number of aliphatic hydroxyl groups is 1. The molecule has 0 saturated heterocycles. The lowest BCUT2D eigenvalue weighted by Gasteiger charge is -2.20. The van der Waals surface area contributed by atoms with Crippen LogP contribution in [-0.4, -0.2) is 12.2 Å². The van der Waals surface area contributed by atoms with Gasteiger partial charge in [-0.2, -0.15) is 0 Å². The zero-order valence-electron chi connectivity index (χ0n) is 11.6. The second-order valence-electron chi connectivity index (χ2n) is 5.37. The fraction of sp³-hybridized carbons (Fsp3) is 0.600. The van der Waals surface area contributed by atoms with E-state index in [0.29, 0.717) is 11.8 Å². The van der Waals surface area contributed by atoms with Crippen molar-refractivity contribution >= 4 is 15.9 Å². The van der Waals surface area contributed by atoms with E-state index in [2.05, 4.69) is 36.7 Å². The summed E-state index contributed by atoms with van der Waals surface area (Å²) in [6.45, 7) is 6.61. The second kappa shape index (κ2) is 7.15. The lowest BCUT2D eigenvalue weighted by atomic mass is 9.91. The van der Waals surface area contributed by atoms with Crippen molar-refractivity contribution in [3.05, 3.63) is 28.2 Å². The highest BCUT2D eigenvalue weighted by atomic mass is 79.9. The molecule has 2 nitrogen and oxygen atoms in total. The third-order valence-corrected chi connectivity index (χ3v) is 3.55. The minimum atomic E-state index is -0.457. The summed E-state index contributed by atoms with van der Waals surface area (Å²) in [5.41, 5.74) is 0.872. The van der Waals surface area contributed by atoms with Crippen LogP contribution in [0.4, 0.5) is 0 Å². The molecule has 0 aliphatic rings. The van der Waals surface area contributed by atoms with Gasteiger partial charge in [0.15, 0.2) is 0 Å². The van der Waals surface area contributed by atoms with E-state index in [9.17, 15) is 5.11 Å². The maximum absolute atomic E-state index is 10.3. The SMILES string of the molecule is COc1cc(Br)ccc1C(O)CC(C)CC(C)C. The number of hydrogen-bond donors (Lipinski definition) is 1. The van der Waals surface area contributed by atoms with Crippen molar-refractivity contribution in [1.82, 2.24) is 0 Å². The molecular formula is C15H23BrO2. The minimum absolute atomic E-state index is 0.457. The van der Waals surface area contributed by atoms with Gasteiger partial charge in [-0.25, -0.2) is 0 Å². The zero-order valence-corrected chi connectivity index (χ0v) is 13.2. The molecule has 0 aliphatic heterocycles. The van der Waals surface area contributed by atoms with Gasteiger partial charge in [-0.15, -0.1) is 0 Å². The maximum atomic E-state index is 10.3. The van der Waals surface area contributed by atoms with Gasteiger partial charge in [-0.3, -0.25) is 0 Å². The van der Waals surface area contributed by atoms with Gasteiger partial charge in [0.25, 0.3) is 0 Å². The number of hydrogen-bond acceptors (Lipinski definition) is 2. The van der Waals surface area contributed by atoms with Crippen LogP contribution in [0, 0.1) is 11.8 Å². The Balaban J connectivity index is 2.74. The molecule has 0 bridgehead atoms. The molecule has 102 valence electrons. The molecule has 1 aromatic rings. The molecule has 2 atom stereocenters. The van der Waals surface area contributed by atoms with Crippen molar-refractivity contribution in [3.63, 3.8) is 0 Å². The fourth-order valence-electron chi connectivity index (χ4n) is 2.37. The fourth-order valence-corrected chi connectivity index (χ4v) is 2.71. The van der Waals surface area contributed by atoms with Crippen LogP contribution in [0.15, 0.2) is 22.7 Å². The quantitative estimate of drug-likeness (QED) is 0.833. The topological polar surface area (TPSA) is 29.5 Å². The van der Waals surface area contributed by atoms with Gasteiger partial charge in [0.05, 0.1) is 13.2 Å². The van der Waals surface area contributed by atoms with E-state index in [4.69, 9.17) is 4.74 Å². The minimum Gasteiger partial charge on any atom is -0.496 e. The molecule has 0 amide bonds. The third-order valence-electron chi connectivity index (χ3n) is 3.05. The Kier molecular flexibility index (Phi) is 6.16. The van der Waals surface area contributed by atoms with Gasteiger partial charge in [-0.05, 0) is 36.8 Å². The van der Waals surface area contributed by atoms with Crippen LogP contribution < -0.4 is 4.74 Å². The average molecular weight is 315 g/mol. The van der Waals surface area contributed by atoms with Gasteiger partial charge in [0, 0.05) is 10.0 Å². The number of rotatable bonds is 6. The van der Waals surface area contributed by atoms with E-state index in [1.807, 2.05) is 18.2 Å². The average Bonchev–Trinajstić information content (AvgIpc) is 2.27. The molecule has 2 unspecified atom stereocenters. The molecule has 1 aromatic carbocycles. The van der Waals surface area contributed by atoms with E-state index in [0.717, 1.165) is 28.6 Å². The molecule has 0 heterocycles. The van der Waals surface area contributed by atoms with Crippen LogP contribution in [0.3, 0.4) is 0 Å². The zero-order chi connectivity index (χ0) is 13.7. The lowest BCUT2D eigenvalue weighted by Crippen LogP contribution is -2.08. The highest BCUT2D eigenvalue weighted by molar-refractivity contribution is 9.10. The smallest absolute Gasteiger partial charge is 0.125 e. The summed E-state index contributed by atoms with van der Waals surface area (Å²) in [5.74, 6) is 1.92. The molecule has 3 heteroatoms. The van der Waals surface area contributed by atoms with Crippen molar-refractivity contribution in [2.45, 2.75) is 39.7 Å². The molecule has 0 aromatic heterocycles. The monoisotopic (exact) mass is 314 g/mol. The van der Waals surface area contributed by atoms with E-state index in [1.54, 1.807) is 7.11 Å². The third kappa shape index (κ3) is 4.62. The van der Waals surface area contributed by atoms with Crippen LogP contribution in [0.2, 0.25) is 0 Å². The highest BCUT2D eigenvalue weighted by Crippen LogP contribution is 2.32. The van der Waals surface area contributed by atoms with Crippen LogP contribution in [0.1, 0.15) is 45.3 Å². The summed E-state index contributed by atoms with van der Waals surface area (Å²) in [6, 6.07) is 5.76. The Hall–Kier alpha value is -0.540. The van der Waals surface area contributed by atoms with Gasteiger partial charge < -0.3 is 9.84 Å². The van der Waals surface area contributed by atoms with Crippen LogP contribution in [0.5, 0.6) is 5.75 Å². The van der Waals surface area contributed by atoms with Crippen LogP contribution in [-0.2, 0) is 0 Å². The van der Waals surface area contributed by atoms with Crippen molar-refractivity contribution in [1.29, 1.82) is 0 Å². The van der Waals surface area contributed by atoms with E-state index < -0.39 is 6.10 Å². The van der Waals surface area contributed by atoms with Crippen molar-refractivity contribution < 1.29 is 9.84 Å². The van der Waals surface area contributed by atoms with Gasteiger partial charge in [0.2, 0.25) is 0 Å². The number of halogens is 1. The maximum Gasteiger partial charge on any atom is 0.125 e. The van der Waals surface area contributed by atoms with Gasteiger partial charge >= 0.3 is 0 Å². The molecule has 1 rings (SSSR count). The van der Waals surface area contributed by atoms with Crippen molar-refractivity contribution in [3.8, 4) is 5.75 Å². The molecule has 1 N–H and O–H groups in total. The number of methoxy groups -OCH3 is 1. The Morgan fingerprint density at radius 2 is 1.89 bits per heavy atom. The summed E-state index contributed by atoms with van der Waals surface area (Å²) in [7, 11) is 1.63. The first-order valence-electron chi connectivity index (χ1n) is 6.45. The predicted octanol–water partition coefficient (Wildman–Crippen LogP) is 4.56. The standard InChI is InChI=1S/C15H23BrO2/c1-10(2)7-11(3)8-14(17)13-6-5-12(16)9-15(13)18-4/h5-6,9-11,14,17H,7-8H2,1-4H3. The number of aliphatic hydroxyl groups excluding tert-OH is 1. The molecular weight excluding hydrogens is 292 g/mol. The number of ether oxygens (including phenoxy) is 1. The first-order valence-corrected chi connectivity index (χ1v) is 7.24. The lowest BCUT2D eigenvalue weighted by molar-refractivity contribution is 0.138. The van der Waals surface area contributed by atoms with Crippen LogP contribution in [0.25, 0.3) is 0 Å². The van der Waals surface area contributed by atoms with Gasteiger partial charge in [0.1, 0.15) is 5.75 Å². The summed E-state index contributed by atoms with van der Waals surface area (Å²) < 4.78 is 6.28. The van der Waals surface area contributed by atoms with E-state index in [1.165, 1.54) is 0 Å². The van der Waals surface area contributed by atoms with E-state index >= 15 is 0 Å². The molecule has 0 spiro atoms. The highest BCUT2D eigenvalue weighted by Gasteiger charge is 2.17. The van der Waals surface area contributed by atoms with Crippen molar-refractivity contribution in [2.75, 3.05) is 7.11 Å².